The first-order valence-electron chi connectivity index (χ1n) is 17.8. The molecular formula is C49H44N4. The lowest BCUT2D eigenvalue weighted by atomic mass is 10.0. The average molecular weight is 689 g/mol. The minimum absolute atomic E-state index is 0.173. The molecule has 0 radical (unpaired) electrons. The third kappa shape index (κ3) is 8.76. The minimum atomic E-state index is 0.173. The van der Waals surface area contributed by atoms with Gasteiger partial charge >= 0.3 is 0 Å². The number of hydrogen-bond acceptors (Lipinski definition) is 1. The normalized spacial score (nSPS) is 11.1. The maximum Gasteiger partial charge on any atom is 0.154 e. The summed E-state index contributed by atoms with van der Waals surface area (Å²) < 4.78 is 2.38. The summed E-state index contributed by atoms with van der Waals surface area (Å²) in [6.45, 7) is 6.13. The van der Waals surface area contributed by atoms with E-state index in [4.69, 9.17) is 11.1 Å². The number of nitrogens with one attached hydrogen (secondary N) is 1. The molecule has 0 unspecified atom stereocenters. The van der Waals surface area contributed by atoms with E-state index in [2.05, 4.69) is 138 Å². The van der Waals surface area contributed by atoms with Crippen LogP contribution in [0.25, 0.3) is 49.7 Å². The number of aryl methyl sites for hydroxylation is 1. The van der Waals surface area contributed by atoms with Gasteiger partial charge in [0.2, 0.25) is 0 Å². The number of nitrogens with zero attached hydrogens (tertiary/aromatic N) is 2. The Kier molecular flexibility index (Phi) is 11.8. The van der Waals surface area contributed by atoms with Crippen LogP contribution in [0.1, 0.15) is 30.5 Å². The first-order valence-corrected chi connectivity index (χ1v) is 17.8. The second-order valence-corrected chi connectivity index (χ2v) is 12.6. The molecule has 0 amide bonds. The molecule has 0 bridgehead atoms. The zero-order chi connectivity index (χ0) is 37.0. The predicted octanol–water partition coefficient (Wildman–Crippen LogP) is 12.4. The van der Waals surface area contributed by atoms with E-state index in [-0.39, 0.29) is 5.84 Å². The minimum Gasteiger partial charge on any atom is -0.383 e. The molecule has 7 aromatic carbocycles. The van der Waals surface area contributed by atoms with Crippen molar-refractivity contribution in [3.63, 3.8) is 0 Å². The molecule has 0 aliphatic rings. The molecule has 53 heavy (non-hydrogen) atoms. The topological polar surface area (TPSA) is 67.2 Å². The SMILES string of the molecule is C/C=C\C.Cc1ccc(-n2c3ccc(-c4ccccc4)cc3c3cc(-c4ccccc4)ccc32)cc1.N=C(N=C(N)c1ccccc1)c1ccccc1. The van der Waals surface area contributed by atoms with Gasteiger partial charge in [0, 0.05) is 27.6 Å². The molecular weight excluding hydrogens is 645 g/mol. The van der Waals surface area contributed by atoms with Crippen LogP contribution in [0.15, 0.2) is 199 Å². The van der Waals surface area contributed by atoms with Crippen LogP contribution in [0.2, 0.25) is 0 Å². The maximum atomic E-state index is 7.84. The molecule has 0 saturated carbocycles. The highest BCUT2D eigenvalue weighted by atomic mass is 15.0. The van der Waals surface area contributed by atoms with E-state index in [1.54, 1.807) is 0 Å². The van der Waals surface area contributed by atoms with Crippen molar-refractivity contribution in [1.29, 1.82) is 5.41 Å². The summed E-state index contributed by atoms with van der Waals surface area (Å²) in [6.07, 6.45) is 4.00. The van der Waals surface area contributed by atoms with Gasteiger partial charge in [-0.25, -0.2) is 4.99 Å². The lowest BCUT2D eigenvalue weighted by Crippen LogP contribution is -2.15. The average Bonchev–Trinajstić information content (AvgIpc) is 3.55. The van der Waals surface area contributed by atoms with Crippen molar-refractivity contribution in [2.24, 2.45) is 10.7 Å². The van der Waals surface area contributed by atoms with E-state index in [0.29, 0.717) is 5.84 Å². The molecule has 0 atom stereocenters. The molecule has 8 rings (SSSR count). The zero-order valence-electron chi connectivity index (χ0n) is 30.4. The quantitative estimate of drug-likeness (QED) is 0.105. The van der Waals surface area contributed by atoms with E-state index in [1.165, 1.54) is 55.3 Å². The Morgan fingerprint density at radius 2 is 0.925 bits per heavy atom. The lowest BCUT2D eigenvalue weighted by molar-refractivity contribution is 1.17. The van der Waals surface area contributed by atoms with E-state index in [0.717, 1.165) is 11.1 Å². The summed E-state index contributed by atoms with van der Waals surface area (Å²) in [6, 6.07) is 62.5. The van der Waals surface area contributed by atoms with Gasteiger partial charge in [0.05, 0.1) is 11.0 Å². The largest absolute Gasteiger partial charge is 0.383 e. The van der Waals surface area contributed by atoms with Crippen molar-refractivity contribution in [1.82, 2.24) is 4.57 Å². The van der Waals surface area contributed by atoms with Gasteiger partial charge in [-0.3, -0.25) is 5.41 Å². The van der Waals surface area contributed by atoms with Crippen LogP contribution in [0.4, 0.5) is 0 Å². The van der Waals surface area contributed by atoms with Gasteiger partial charge in [0.15, 0.2) is 5.84 Å². The molecule has 0 aliphatic heterocycles. The molecule has 8 aromatic rings. The Morgan fingerprint density at radius 3 is 1.36 bits per heavy atom. The maximum absolute atomic E-state index is 7.84. The number of nitrogens with two attached hydrogens (primary N) is 1. The summed E-state index contributed by atoms with van der Waals surface area (Å²) in [5.41, 5.74) is 17.3. The highest BCUT2D eigenvalue weighted by molar-refractivity contribution is 6.12. The summed E-state index contributed by atoms with van der Waals surface area (Å²) in [4.78, 5) is 4.10. The highest BCUT2D eigenvalue weighted by Crippen LogP contribution is 2.37. The number of amidine groups is 2. The van der Waals surface area contributed by atoms with Gasteiger partial charge in [0.1, 0.15) is 5.84 Å². The lowest BCUT2D eigenvalue weighted by Gasteiger charge is -2.09. The van der Waals surface area contributed by atoms with Gasteiger partial charge in [-0.15, -0.1) is 0 Å². The Bertz CT molecular complexity index is 2360. The fraction of sp³-hybridized carbons (Fsp3) is 0.0612. The van der Waals surface area contributed by atoms with Gasteiger partial charge in [0.25, 0.3) is 0 Å². The summed E-state index contributed by atoms with van der Waals surface area (Å²) >= 11 is 0. The number of rotatable bonds is 5. The van der Waals surface area contributed by atoms with Gasteiger partial charge < -0.3 is 10.3 Å². The monoisotopic (exact) mass is 688 g/mol. The van der Waals surface area contributed by atoms with Crippen LogP contribution < -0.4 is 5.73 Å². The smallest absolute Gasteiger partial charge is 0.154 e. The summed E-state index contributed by atoms with van der Waals surface area (Å²) in [5.74, 6) is 0.534. The molecule has 4 heteroatoms. The number of hydrogen-bond donors (Lipinski definition) is 2. The number of allylic oxidation sites excluding steroid dienone is 2. The Balaban J connectivity index is 0.000000192. The zero-order valence-corrected chi connectivity index (χ0v) is 30.4. The molecule has 260 valence electrons. The second-order valence-electron chi connectivity index (χ2n) is 12.6. The standard InChI is InChI=1S/C31H23N.C14H13N3.C4H8/c1-22-12-16-27(17-13-22)32-30-18-14-25(23-8-4-2-5-9-23)20-28(30)29-21-26(15-19-31(29)32)24-10-6-3-7-11-24;15-13(11-7-3-1-4-8-11)17-14(16)12-9-5-2-6-10-12;1-3-4-2/h2-21H,1H3;1-10H,(H3,15,16,17);3-4H,1-2H3/b;;4-3-. The molecule has 4 nitrogen and oxygen atoms in total. The highest BCUT2D eigenvalue weighted by Gasteiger charge is 2.14. The number of aromatic nitrogens is 1. The van der Waals surface area contributed by atoms with Crippen LogP contribution in [0.5, 0.6) is 0 Å². The molecule has 0 fully saturated rings. The van der Waals surface area contributed by atoms with Crippen molar-refractivity contribution >= 4 is 33.5 Å². The fourth-order valence-corrected chi connectivity index (χ4v) is 6.07. The van der Waals surface area contributed by atoms with E-state index < -0.39 is 0 Å². The third-order valence-corrected chi connectivity index (χ3v) is 8.95. The first kappa shape index (κ1) is 36.0. The second kappa shape index (κ2) is 17.4. The fourth-order valence-electron chi connectivity index (χ4n) is 6.07. The van der Waals surface area contributed by atoms with E-state index >= 15 is 0 Å². The Hall–Kier alpha value is -6.78. The molecule has 1 aromatic heterocycles. The molecule has 0 spiro atoms. The van der Waals surface area contributed by atoms with Gasteiger partial charge in [-0.1, -0.05) is 163 Å². The Morgan fingerprint density at radius 1 is 0.509 bits per heavy atom. The van der Waals surface area contributed by atoms with E-state index in [9.17, 15) is 0 Å². The van der Waals surface area contributed by atoms with E-state index in [1.807, 2.05) is 86.7 Å². The number of benzene rings is 7. The molecule has 1 heterocycles. The van der Waals surface area contributed by atoms with Crippen molar-refractivity contribution < 1.29 is 0 Å². The molecule has 0 saturated heterocycles. The van der Waals surface area contributed by atoms with Crippen LogP contribution in [-0.2, 0) is 0 Å². The first-order chi connectivity index (χ1) is 26.0. The van der Waals surface area contributed by atoms with Gasteiger partial charge in [-0.05, 0) is 79.4 Å². The van der Waals surface area contributed by atoms with Crippen LogP contribution in [0, 0.1) is 12.3 Å². The number of fused-ring (bicyclic) bond motifs is 3. The summed E-state index contributed by atoms with van der Waals surface area (Å²) in [5, 5.41) is 10.4. The van der Waals surface area contributed by atoms with Crippen LogP contribution in [0.3, 0.4) is 0 Å². The van der Waals surface area contributed by atoms with Crippen molar-refractivity contribution in [3.8, 4) is 27.9 Å². The molecule has 3 N–H and O–H groups in total. The van der Waals surface area contributed by atoms with Crippen LogP contribution in [-0.4, -0.2) is 16.2 Å². The van der Waals surface area contributed by atoms with Crippen LogP contribution >= 0.6 is 0 Å². The number of aliphatic imine (C=N–C) groups is 1. The van der Waals surface area contributed by atoms with Crippen molar-refractivity contribution in [3.05, 3.63) is 211 Å². The molecule has 0 aliphatic carbocycles. The van der Waals surface area contributed by atoms with Gasteiger partial charge in [-0.2, -0.15) is 0 Å². The predicted molar refractivity (Wildman–Crippen MR) is 227 cm³/mol. The summed E-state index contributed by atoms with van der Waals surface area (Å²) in [7, 11) is 0. The third-order valence-electron chi connectivity index (χ3n) is 8.95. The Labute approximate surface area is 312 Å². The van der Waals surface area contributed by atoms with Crippen molar-refractivity contribution in [2.45, 2.75) is 20.8 Å². The van der Waals surface area contributed by atoms with Crippen molar-refractivity contribution in [2.75, 3.05) is 0 Å².